The van der Waals surface area contributed by atoms with Gasteiger partial charge in [-0.05, 0) is 61.7 Å². The Morgan fingerprint density at radius 3 is 2.00 bits per heavy atom. The fourth-order valence-corrected chi connectivity index (χ4v) is 2.96. The van der Waals surface area contributed by atoms with Crippen molar-refractivity contribution < 1.29 is 32.1 Å². The zero-order valence-electron chi connectivity index (χ0n) is 19.5. The van der Waals surface area contributed by atoms with Crippen molar-refractivity contribution in [2.45, 2.75) is 46.4 Å². The minimum atomic E-state index is -4.74. The number of ether oxygens (including phenoxy) is 4. The molecule has 0 saturated carbocycles. The molecule has 0 saturated heterocycles. The van der Waals surface area contributed by atoms with Crippen LogP contribution in [0.1, 0.15) is 40.0 Å². The van der Waals surface area contributed by atoms with E-state index in [0.717, 1.165) is 50.0 Å². The Labute approximate surface area is 202 Å². The number of aromatic nitrogens is 1. The van der Waals surface area contributed by atoms with Crippen molar-refractivity contribution in [1.29, 1.82) is 0 Å². The van der Waals surface area contributed by atoms with E-state index in [2.05, 4.69) is 23.6 Å². The molecule has 0 aliphatic rings. The molecule has 0 atom stereocenters. The molecule has 3 aromatic rings. The molecule has 0 spiro atoms. The predicted octanol–water partition coefficient (Wildman–Crippen LogP) is 8.19. The summed E-state index contributed by atoms with van der Waals surface area (Å²) < 4.78 is 56.8. The number of pyridine rings is 1. The Kier molecular flexibility index (Phi) is 11.2. The summed E-state index contributed by atoms with van der Waals surface area (Å²) in [6.07, 6.45) is -1.59. The van der Waals surface area contributed by atoms with Gasteiger partial charge in [0.15, 0.2) is 0 Å². The molecular formula is C25H29ClF3NO4. The summed E-state index contributed by atoms with van der Waals surface area (Å²) in [6.45, 7) is 8.67. The number of fused-ring (bicyclic) bond motifs is 1. The minimum Gasteiger partial charge on any atom is -0.493 e. The predicted molar refractivity (Wildman–Crippen MR) is 127 cm³/mol. The average Bonchev–Trinajstić information content (AvgIpc) is 2.80. The molecule has 0 aliphatic heterocycles. The maximum absolute atomic E-state index is 12.2. The molecule has 186 valence electrons. The van der Waals surface area contributed by atoms with Crippen molar-refractivity contribution in [2.24, 2.45) is 0 Å². The Balaban J connectivity index is 0.000000509. The monoisotopic (exact) mass is 499 g/mol. The number of halogens is 4. The first-order valence-electron chi connectivity index (χ1n) is 11.1. The highest BCUT2D eigenvalue weighted by Gasteiger charge is 2.31. The van der Waals surface area contributed by atoms with Crippen molar-refractivity contribution in [1.82, 2.24) is 4.98 Å². The van der Waals surface area contributed by atoms with E-state index < -0.39 is 6.36 Å². The number of alkyl halides is 3. The lowest BCUT2D eigenvalue weighted by atomic mass is 10.2. The van der Waals surface area contributed by atoms with Crippen LogP contribution in [0.25, 0.3) is 10.9 Å². The van der Waals surface area contributed by atoms with Crippen LogP contribution in [0.15, 0.2) is 48.5 Å². The van der Waals surface area contributed by atoms with E-state index in [1.807, 2.05) is 6.92 Å². The van der Waals surface area contributed by atoms with Gasteiger partial charge in [0.1, 0.15) is 17.2 Å². The van der Waals surface area contributed by atoms with Crippen LogP contribution in [0.5, 0.6) is 23.1 Å². The van der Waals surface area contributed by atoms with E-state index in [1.165, 1.54) is 12.1 Å². The lowest BCUT2D eigenvalue weighted by Crippen LogP contribution is -2.16. The molecule has 2 aromatic carbocycles. The van der Waals surface area contributed by atoms with Gasteiger partial charge in [0.25, 0.3) is 0 Å². The van der Waals surface area contributed by atoms with E-state index in [1.54, 1.807) is 24.3 Å². The molecule has 9 heteroatoms. The third-order valence-corrected chi connectivity index (χ3v) is 4.49. The van der Waals surface area contributed by atoms with E-state index in [4.69, 9.17) is 25.8 Å². The summed E-state index contributed by atoms with van der Waals surface area (Å²) in [4.78, 5) is 4.38. The average molecular weight is 500 g/mol. The third-order valence-electron chi connectivity index (χ3n) is 4.18. The Bertz CT molecular complexity index is 1010. The molecule has 0 radical (unpaired) electrons. The first-order valence-corrected chi connectivity index (χ1v) is 11.5. The molecule has 0 bridgehead atoms. The second-order valence-corrected chi connectivity index (χ2v) is 7.58. The molecule has 34 heavy (non-hydrogen) atoms. The highest BCUT2D eigenvalue weighted by atomic mass is 35.5. The number of hydrogen-bond donors (Lipinski definition) is 0. The molecule has 1 heterocycles. The molecule has 0 fully saturated rings. The Hall–Kier alpha value is -2.71. The Morgan fingerprint density at radius 1 is 0.794 bits per heavy atom. The second kappa shape index (κ2) is 13.9. The van der Waals surface area contributed by atoms with Gasteiger partial charge in [0, 0.05) is 24.7 Å². The van der Waals surface area contributed by atoms with Gasteiger partial charge in [-0.3, -0.25) is 0 Å². The number of rotatable bonds is 10. The van der Waals surface area contributed by atoms with Crippen molar-refractivity contribution in [2.75, 3.05) is 19.8 Å². The largest absolute Gasteiger partial charge is 0.573 e. The first kappa shape index (κ1) is 27.5. The van der Waals surface area contributed by atoms with Crippen LogP contribution in [-0.2, 0) is 4.74 Å². The minimum absolute atomic E-state index is 0.251. The van der Waals surface area contributed by atoms with Gasteiger partial charge in [-0.2, -0.15) is 0 Å². The van der Waals surface area contributed by atoms with Crippen LogP contribution in [0.2, 0.25) is 5.02 Å². The second-order valence-electron chi connectivity index (χ2n) is 7.17. The number of hydrogen-bond acceptors (Lipinski definition) is 5. The van der Waals surface area contributed by atoms with Crippen LogP contribution in [-0.4, -0.2) is 31.2 Å². The molecule has 0 amide bonds. The van der Waals surface area contributed by atoms with E-state index >= 15 is 0 Å². The van der Waals surface area contributed by atoms with Gasteiger partial charge in [-0.25, -0.2) is 4.98 Å². The number of nitrogens with zero attached hydrogens (tertiary/aromatic N) is 1. The molecule has 3 rings (SSSR count). The highest BCUT2D eigenvalue weighted by molar-refractivity contribution is 6.35. The topological polar surface area (TPSA) is 49.8 Å². The van der Waals surface area contributed by atoms with Gasteiger partial charge in [-0.15, -0.1) is 13.2 Å². The van der Waals surface area contributed by atoms with Gasteiger partial charge < -0.3 is 18.9 Å². The molecule has 0 unspecified atom stereocenters. The first-order chi connectivity index (χ1) is 16.3. The van der Waals surface area contributed by atoms with Crippen LogP contribution in [0.3, 0.4) is 0 Å². The number of benzene rings is 2. The summed E-state index contributed by atoms with van der Waals surface area (Å²) >= 11 is 6.22. The third kappa shape index (κ3) is 9.27. The smallest absolute Gasteiger partial charge is 0.493 e. The van der Waals surface area contributed by atoms with E-state index in [9.17, 15) is 13.2 Å². The molecule has 0 N–H and O–H groups in total. The van der Waals surface area contributed by atoms with Gasteiger partial charge in [0.05, 0.1) is 17.1 Å². The summed E-state index contributed by atoms with van der Waals surface area (Å²) in [5.74, 6) is 0.901. The van der Waals surface area contributed by atoms with Crippen molar-refractivity contribution in [3.05, 3.63) is 53.6 Å². The van der Waals surface area contributed by atoms with Crippen molar-refractivity contribution in [3.63, 3.8) is 0 Å². The maximum atomic E-state index is 12.2. The van der Waals surface area contributed by atoms with Gasteiger partial charge in [0.2, 0.25) is 5.88 Å². The Morgan fingerprint density at radius 2 is 1.41 bits per heavy atom. The molecular weight excluding hydrogens is 471 g/mol. The van der Waals surface area contributed by atoms with Crippen LogP contribution in [0.4, 0.5) is 13.2 Å². The van der Waals surface area contributed by atoms with Crippen LogP contribution in [0, 0.1) is 0 Å². The van der Waals surface area contributed by atoms with Gasteiger partial charge in [-0.1, -0.05) is 32.4 Å². The highest BCUT2D eigenvalue weighted by Crippen LogP contribution is 2.33. The van der Waals surface area contributed by atoms with Gasteiger partial charge >= 0.3 is 6.36 Å². The molecule has 0 aliphatic carbocycles. The zero-order valence-corrected chi connectivity index (χ0v) is 20.2. The molecule has 5 nitrogen and oxygen atoms in total. The SMILES string of the molecule is CCCOCCC.CCCOc1ccc(Cl)c2nc(Oc3ccc(OC(F)(F)F)cc3)ccc12. The van der Waals surface area contributed by atoms with Crippen LogP contribution < -0.4 is 14.2 Å². The quantitative estimate of drug-likeness (QED) is 0.263. The molecule has 1 aromatic heterocycles. The maximum Gasteiger partial charge on any atom is 0.573 e. The standard InChI is InChI=1S/C19H15ClF3NO3.C6H14O/c1-2-11-25-16-9-8-15(20)18-14(16)7-10-17(24-18)26-12-3-5-13(6-4-12)27-19(21,22)23;1-3-5-7-6-4-2/h3-10H,2,11H2,1H3;3-6H2,1-2H3. The lowest BCUT2D eigenvalue weighted by Gasteiger charge is -2.11. The van der Waals surface area contributed by atoms with Crippen LogP contribution >= 0.6 is 11.6 Å². The fraction of sp³-hybridized carbons (Fsp3) is 0.400. The zero-order chi connectivity index (χ0) is 25.0. The summed E-state index contributed by atoms with van der Waals surface area (Å²) in [5, 5.41) is 1.19. The fourth-order valence-electron chi connectivity index (χ4n) is 2.76. The van der Waals surface area contributed by atoms with Crippen molar-refractivity contribution >= 4 is 22.5 Å². The summed E-state index contributed by atoms with van der Waals surface area (Å²) in [5.41, 5.74) is 0.514. The summed E-state index contributed by atoms with van der Waals surface area (Å²) in [6, 6.07) is 11.9. The lowest BCUT2D eigenvalue weighted by molar-refractivity contribution is -0.274. The normalized spacial score (nSPS) is 11.0. The van der Waals surface area contributed by atoms with E-state index in [0.29, 0.717) is 28.6 Å². The van der Waals surface area contributed by atoms with Crippen molar-refractivity contribution in [3.8, 4) is 23.1 Å². The summed E-state index contributed by atoms with van der Waals surface area (Å²) in [7, 11) is 0. The van der Waals surface area contributed by atoms with E-state index in [-0.39, 0.29) is 11.6 Å².